The maximum atomic E-state index is 12.5. The highest BCUT2D eigenvalue weighted by Crippen LogP contribution is 2.08. The summed E-state index contributed by atoms with van der Waals surface area (Å²) in [6.45, 7) is 5.93. The van der Waals surface area contributed by atoms with Crippen molar-refractivity contribution in [3.8, 4) is 5.69 Å². The molecule has 0 saturated heterocycles. The monoisotopic (exact) mass is 329 g/mol. The summed E-state index contributed by atoms with van der Waals surface area (Å²) in [6.07, 6.45) is 3.28. The minimum atomic E-state index is -0.0764. The van der Waals surface area contributed by atoms with E-state index in [0.717, 1.165) is 5.69 Å². The Labute approximate surface area is 140 Å². The number of hydrogen-bond acceptors (Lipinski definition) is 3. The van der Waals surface area contributed by atoms with E-state index in [0.29, 0.717) is 22.9 Å². The Bertz CT molecular complexity index is 789. The summed E-state index contributed by atoms with van der Waals surface area (Å²) in [7, 11) is 1.82. The summed E-state index contributed by atoms with van der Waals surface area (Å²) < 4.78 is 3.36. The quantitative estimate of drug-likeness (QED) is 0.377. The fourth-order valence-electron chi connectivity index (χ4n) is 2.15. The highest BCUT2D eigenvalue weighted by molar-refractivity contribution is 7.80. The molecule has 0 spiro atoms. The SMILES string of the molecule is C=CCNC(=S)N/N=C\c1c(C)c(=O)n(-c2ccccc2)n1C. The Morgan fingerprint density at radius 3 is 2.74 bits per heavy atom. The standard InChI is InChI=1S/C16H19N5OS/c1-4-10-17-16(23)19-18-11-14-12(2)15(22)21(20(14)3)13-8-6-5-7-9-13/h4-9,11H,1,10H2,2-3H3,(H2,17,19,23)/b18-11-. The van der Waals surface area contributed by atoms with E-state index >= 15 is 0 Å². The van der Waals surface area contributed by atoms with Crippen molar-refractivity contribution in [2.45, 2.75) is 6.92 Å². The van der Waals surface area contributed by atoms with Crippen molar-refractivity contribution in [3.63, 3.8) is 0 Å². The average Bonchev–Trinajstić information content (AvgIpc) is 2.77. The van der Waals surface area contributed by atoms with Crippen molar-refractivity contribution in [2.24, 2.45) is 12.1 Å². The molecule has 0 amide bonds. The zero-order chi connectivity index (χ0) is 16.8. The van der Waals surface area contributed by atoms with Crippen LogP contribution in [0.15, 0.2) is 52.9 Å². The predicted octanol–water partition coefficient (Wildman–Crippen LogP) is 1.47. The van der Waals surface area contributed by atoms with E-state index in [4.69, 9.17) is 12.2 Å². The van der Waals surface area contributed by atoms with Gasteiger partial charge in [0.25, 0.3) is 5.56 Å². The molecule has 23 heavy (non-hydrogen) atoms. The zero-order valence-corrected chi connectivity index (χ0v) is 13.9. The van der Waals surface area contributed by atoms with Crippen molar-refractivity contribution in [3.05, 3.63) is 64.6 Å². The molecule has 0 bridgehead atoms. The minimum absolute atomic E-state index is 0.0764. The van der Waals surface area contributed by atoms with Crippen LogP contribution in [0, 0.1) is 6.92 Å². The number of thiocarbonyl (C=S) groups is 1. The van der Waals surface area contributed by atoms with Crippen LogP contribution in [-0.2, 0) is 7.05 Å². The molecular formula is C16H19N5OS. The Morgan fingerprint density at radius 1 is 1.39 bits per heavy atom. The lowest BCUT2D eigenvalue weighted by molar-refractivity contribution is 0.642. The van der Waals surface area contributed by atoms with Gasteiger partial charge in [-0.2, -0.15) is 5.10 Å². The summed E-state index contributed by atoms with van der Waals surface area (Å²) >= 11 is 5.05. The summed E-state index contributed by atoms with van der Waals surface area (Å²) in [6, 6.07) is 9.46. The number of hydrogen-bond donors (Lipinski definition) is 2. The second kappa shape index (κ2) is 7.55. The van der Waals surface area contributed by atoms with Crippen LogP contribution in [0.2, 0.25) is 0 Å². The Balaban J connectivity index is 2.26. The van der Waals surface area contributed by atoms with Gasteiger partial charge in [-0.15, -0.1) is 6.58 Å². The van der Waals surface area contributed by atoms with Gasteiger partial charge in [-0.25, -0.2) is 4.68 Å². The van der Waals surface area contributed by atoms with Gasteiger partial charge in [0.2, 0.25) is 0 Å². The van der Waals surface area contributed by atoms with Crippen LogP contribution < -0.4 is 16.3 Å². The minimum Gasteiger partial charge on any atom is -0.358 e. The molecule has 6 nitrogen and oxygen atoms in total. The molecular weight excluding hydrogens is 310 g/mol. The van der Waals surface area contributed by atoms with E-state index < -0.39 is 0 Å². The number of hydrazone groups is 1. The zero-order valence-electron chi connectivity index (χ0n) is 13.1. The molecule has 2 aromatic rings. The molecule has 0 aliphatic carbocycles. The second-order valence-electron chi connectivity index (χ2n) is 4.86. The maximum Gasteiger partial charge on any atom is 0.274 e. The Morgan fingerprint density at radius 2 is 2.09 bits per heavy atom. The van der Waals surface area contributed by atoms with Crippen molar-refractivity contribution < 1.29 is 0 Å². The highest BCUT2D eigenvalue weighted by Gasteiger charge is 2.13. The van der Waals surface area contributed by atoms with Crippen LogP contribution in [0.4, 0.5) is 0 Å². The normalized spacial score (nSPS) is 10.7. The number of benzene rings is 1. The van der Waals surface area contributed by atoms with Crippen LogP contribution >= 0.6 is 12.2 Å². The lowest BCUT2D eigenvalue weighted by Crippen LogP contribution is -2.32. The van der Waals surface area contributed by atoms with E-state index in [-0.39, 0.29) is 5.56 Å². The molecule has 2 rings (SSSR count). The van der Waals surface area contributed by atoms with Gasteiger partial charge in [-0.05, 0) is 31.3 Å². The first-order valence-electron chi connectivity index (χ1n) is 7.08. The van der Waals surface area contributed by atoms with Gasteiger partial charge in [0.1, 0.15) is 0 Å². The molecule has 1 heterocycles. The van der Waals surface area contributed by atoms with E-state index in [1.54, 1.807) is 28.6 Å². The first-order chi connectivity index (χ1) is 11.1. The number of nitrogens with one attached hydrogen (secondary N) is 2. The maximum absolute atomic E-state index is 12.5. The van der Waals surface area contributed by atoms with E-state index in [2.05, 4.69) is 22.4 Å². The summed E-state index contributed by atoms with van der Waals surface area (Å²) in [5.74, 6) is 0. The lowest BCUT2D eigenvalue weighted by atomic mass is 10.3. The molecule has 120 valence electrons. The largest absolute Gasteiger partial charge is 0.358 e. The van der Waals surface area contributed by atoms with Gasteiger partial charge in [0.15, 0.2) is 5.11 Å². The third kappa shape index (κ3) is 3.75. The summed E-state index contributed by atoms with van der Waals surface area (Å²) in [5.41, 5.74) is 4.76. The molecule has 0 atom stereocenters. The molecule has 0 aliphatic heterocycles. The summed E-state index contributed by atoms with van der Waals surface area (Å²) in [4.78, 5) is 12.5. The van der Waals surface area contributed by atoms with Crippen molar-refractivity contribution >= 4 is 23.5 Å². The third-order valence-electron chi connectivity index (χ3n) is 3.31. The molecule has 0 aliphatic rings. The van der Waals surface area contributed by atoms with Gasteiger partial charge >= 0.3 is 0 Å². The van der Waals surface area contributed by atoms with Gasteiger partial charge in [0.05, 0.1) is 17.6 Å². The van der Waals surface area contributed by atoms with Crippen LogP contribution in [0.1, 0.15) is 11.3 Å². The van der Waals surface area contributed by atoms with Crippen LogP contribution in [-0.4, -0.2) is 27.2 Å². The smallest absolute Gasteiger partial charge is 0.274 e. The molecule has 7 heteroatoms. The third-order valence-corrected chi connectivity index (χ3v) is 3.54. The van der Waals surface area contributed by atoms with Crippen molar-refractivity contribution in [2.75, 3.05) is 6.54 Å². The van der Waals surface area contributed by atoms with Gasteiger partial charge < -0.3 is 5.32 Å². The molecule has 0 fully saturated rings. The fraction of sp³-hybridized carbons (Fsp3) is 0.188. The highest BCUT2D eigenvalue weighted by atomic mass is 32.1. The molecule has 1 aromatic carbocycles. The molecule has 0 unspecified atom stereocenters. The van der Waals surface area contributed by atoms with Crippen LogP contribution in [0.5, 0.6) is 0 Å². The lowest BCUT2D eigenvalue weighted by Gasteiger charge is -2.08. The number of para-hydroxylation sites is 1. The summed E-state index contributed by atoms with van der Waals surface area (Å²) in [5, 5.41) is 7.38. The van der Waals surface area contributed by atoms with E-state index in [1.807, 2.05) is 37.4 Å². The number of rotatable bonds is 5. The van der Waals surface area contributed by atoms with Gasteiger partial charge in [0, 0.05) is 19.2 Å². The second-order valence-corrected chi connectivity index (χ2v) is 5.26. The van der Waals surface area contributed by atoms with E-state index in [9.17, 15) is 4.79 Å². The van der Waals surface area contributed by atoms with Gasteiger partial charge in [-0.1, -0.05) is 24.3 Å². The molecule has 0 saturated carbocycles. The average molecular weight is 329 g/mol. The molecule has 2 N–H and O–H groups in total. The number of aromatic nitrogens is 2. The first-order valence-corrected chi connectivity index (χ1v) is 7.49. The Kier molecular flexibility index (Phi) is 5.48. The Hall–Kier alpha value is -2.67. The predicted molar refractivity (Wildman–Crippen MR) is 97.3 cm³/mol. The fourth-order valence-corrected chi connectivity index (χ4v) is 2.29. The number of nitrogens with zero attached hydrogens (tertiary/aromatic N) is 3. The first kappa shape index (κ1) is 16.7. The van der Waals surface area contributed by atoms with Gasteiger partial charge in [-0.3, -0.25) is 14.9 Å². The van der Waals surface area contributed by atoms with Crippen LogP contribution in [0.3, 0.4) is 0 Å². The van der Waals surface area contributed by atoms with E-state index in [1.165, 1.54) is 0 Å². The molecule has 0 radical (unpaired) electrons. The topological polar surface area (TPSA) is 63.4 Å². The molecule has 1 aromatic heterocycles. The van der Waals surface area contributed by atoms with Crippen molar-refractivity contribution in [1.82, 2.24) is 20.1 Å². The van der Waals surface area contributed by atoms with Crippen LogP contribution in [0.25, 0.3) is 5.69 Å². The van der Waals surface area contributed by atoms with Crippen molar-refractivity contribution in [1.29, 1.82) is 0 Å².